The summed E-state index contributed by atoms with van der Waals surface area (Å²) >= 11 is 1.89. The molecule has 0 bridgehead atoms. The number of nitrogens with zero attached hydrogens (tertiary/aromatic N) is 1. The number of halogens is 1. The SMILES string of the molecule is CC(C)(C)N(CCO)CCOI. The molecular formula is C8H18INO2. The summed E-state index contributed by atoms with van der Waals surface area (Å²) < 4.78 is 4.96. The van der Waals surface area contributed by atoms with E-state index in [2.05, 4.69) is 25.7 Å². The molecule has 0 aromatic carbocycles. The van der Waals surface area contributed by atoms with Gasteiger partial charge in [-0.2, -0.15) is 0 Å². The van der Waals surface area contributed by atoms with E-state index < -0.39 is 0 Å². The molecule has 0 fully saturated rings. The first-order chi connectivity index (χ1) is 5.52. The highest BCUT2D eigenvalue weighted by Gasteiger charge is 2.19. The molecule has 0 aliphatic rings. The van der Waals surface area contributed by atoms with Gasteiger partial charge >= 0.3 is 0 Å². The molecule has 0 saturated carbocycles. The van der Waals surface area contributed by atoms with Gasteiger partial charge in [0.05, 0.1) is 13.2 Å². The Hall–Kier alpha value is 0.610. The Labute approximate surface area is 88.8 Å². The van der Waals surface area contributed by atoms with E-state index in [0.29, 0.717) is 13.2 Å². The molecule has 0 aliphatic heterocycles. The molecule has 0 amide bonds. The van der Waals surface area contributed by atoms with Crippen LogP contribution < -0.4 is 0 Å². The van der Waals surface area contributed by atoms with E-state index in [1.807, 2.05) is 23.0 Å². The normalized spacial score (nSPS) is 12.5. The average molecular weight is 287 g/mol. The molecule has 1 N–H and O–H groups in total. The highest BCUT2D eigenvalue weighted by atomic mass is 127. The van der Waals surface area contributed by atoms with Crippen molar-refractivity contribution in [2.75, 3.05) is 26.3 Å². The number of hydrogen-bond acceptors (Lipinski definition) is 3. The van der Waals surface area contributed by atoms with Crippen LogP contribution in [0.4, 0.5) is 0 Å². The Morgan fingerprint density at radius 3 is 2.25 bits per heavy atom. The van der Waals surface area contributed by atoms with Crippen LogP contribution in [0.25, 0.3) is 0 Å². The van der Waals surface area contributed by atoms with Crippen LogP contribution >= 0.6 is 23.0 Å². The van der Waals surface area contributed by atoms with E-state index in [1.54, 1.807) is 0 Å². The second kappa shape index (κ2) is 6.12. The Morgan fingerprint density at radius 1 is 1.33 bits per heavy atom. The summed E-state index contributed by atoms with van der Waals surface area (Å²) in [5, 5.41) is 8.81. The van der Waals surface area contributed by atoms with E-state index >= 15 is 0 Å². The monoisotopic (exact) mass is 287 g/mol. The lowest BCUT2D eigenvalue weighted by Gasteiger charge is -2.34. The minimum absolute atomic E-state index is 0.109. The van der Waals surface area contributed by atoms with Crippen LogP contribution in [0.15, 0.2) is 0 Å². The number of rotatable bonds is 5. The van der Waals surface area contributed by atoms with E-state index in [9.17, 15) is 0 Å². The Kier molecular flexibility index (Phi) is 6.43. The maximum absolute atomic E-state index is 8.81. The zero-order valence-corrected chi connectivity index (χ0v) is 10.2. The van der Waals surface area contributed by atoms with Gasteiger partial charge in [-0.1, -0.05) is 0 Å². The fourth-order valence-corrected chi connectivity index (χ4v) is 1.24. The van der Waals surface area contributed by atoms with Gasteiger partial charge in [-0.05, 0) is 20.8 Å². The summed E-state index contributed by atoms with van der Waals surface area (Å²) in [7, 11) is 0. The van der Waals surface area contributed by atoms with E-state index in [4.69, 9.17) is 8.17 Å². The van der Waals surface area contributed by atoms with Crippen molar-refractivity contribution in [3.8, 4) is 0 Å². The first-order valence-corrected chi connectivity index (χ1v) is 5.00. The third-order valence-corrected chi connectivity index (χ3v) is 2.20. The predicted molar refractivity (Wildman–Crippen MR) is 58.4 cm³/mol. The summed E-state index contributed by atoms with van der Waals surface area (Å²) in [5.41, 5.74) is 0.109. The van der Waals surface area contributed by atoms with Gasteiger partial charge in [0.15, 0.2) is 0 Å². The fraction of sp³-hybridized carbons (Fsp3) is 1.00. The lowest BCUT2D eigenvalue weighted by molar-refractivity contribution is 0.0954. The first kappa shape index (κ1) is 12.6. The highest BCUT2D eigenvalue weighted by molar-refractivity contribution is 14.1. The van der Waals surface area contributed by atoms with E-state index in [-0.39, 0.29) is 12.1 Å². The van der Waals surface area contributed by atoms with Crippen LogP contribution in [0.5, 0.6) is 0 Å². The van der Waals surface area contributed by atoms with Crippen LogP contribution in [0, 0.1) is 0 Å². The number of aliphatic hydroxyl groups is 1. The van der Waals surface area contributed by atoms with Crippen molar-refractivity contribution in [2.45, 2.75) is 26.3 Å². The number of hydrogen-bond donors (Lipinski definition) is 1. The standard InChI is InChI=1S/C8H18INO2/c1-8(2,3)10(4-6-11)5-7-12-9/h11H,4-7H2,1-3H3. The zero-order valence-electron chi connectivity index (χ0n) is 8.01. The van der Waals surface area contributed by atoms with E-state index in [0.717, 1.165) is 6.54 Å². The molecule has 0 saturated heterocycles. The first-order valence-electron chi connectivity index (χ1n) is 4.12. The summed E-state index contributed by atoms with van der Waals surface area (Å²) in [6.07, 6.45) is 0. The minimum atomic E-state index is 0.109. The van der Waals surface area contributed by atoms with Crippen molar-refractivity contribution in [3.63, 3.8) is 0 Å². The van der Waals surface area contributed by atoms with Gasteiger partial charge in [0.2, 0.25) is 0 Å². The maximum Gasteiger partial charge on any atom is 0.109 e. The molecule has 0 spiro atoms. The molecule has 3 nitrogen and oxygen atoms in total. The largest absolute Gasteiger partial charge is 0.395 e. The highest BCUT2D eigenvalue weighted by Crippen LogP contribution is 2.11. The van der Waals surface area contributed by atoms with Crippen molar-refractivity contribution in [1.29, 1.82) is 0 Å². The van der Waals surface area contributed by atoms with E-state index in [1.165, 1.54) is 0 Å². The Balaban J connectivity index is 3.86. The summed E-state index contributed by atoms with van der Waals surface area (Å²) in [5.74, 6) is 0. The van der Waals surface area contributed by atoms with Crippen LogP contribution in [-0.4, -0.2) is 41.8 Å². The van der Waals surface area contributed by atoms with Gasteiger partial charge < -0.3 is 8.17 Å². The predicted octanol–water partition coefficient (Wildman–Crippen LogP) is 1.45. The molecule has 74 valence electrons. The van der Waals surface area contributed by atoms with Crippen LogP contribution in [0.3, 0.4) is 0 Å². The summed E-state index contributed by atoms with van der Waals surface area (Å²) in [4.78, 5) is 2.20. The van der Waals surface area contributed by atoms with Gasteiger partial charge in [0.25, 0.3) is 0 Å². The van der Waals surface area contributed by atoms with Gasteiger partial charge in [-0.15, -0.1) is 0 Å². The topological polar surface area (TPSA) is 32.7 Å². The smallest absolute Gasteiger partial charge is 0.109 e. The average Bonchev–Trinajstić information content (AvgIpc) is 1.95. The minimum Gasteiger partial charge on any atom is -0.395 e. The second-order valence-electron chi connectivity index (χ2n) is 3.69. The number of aliphatic hydroxyl groups excluding tert-OH is 1. The van der Waals surface area contributed by atoms with Crippen molar-refractivity contribution in [2.24, 2.45) is 0 Å². The molecule has 0 aliphatic carbocycles. The fourth-order valence-electron chi connectivity index (χ4n) is 1.05. The maximum atomic E-state index is 8.81. The molecule has 0 heterocycles. The van der Waals surface area contributed by atoms with Crippen LogP contribution in [-0.2, 0) is 3.07 Å². The second-order valence-corrected chi connectivity index (χ2v) is 4.32. The number of β-amino-alcohol motifs (C(OH)–C–C–N with tert-alkyl or cyclic N) is 1. The summed E-state index contributed by atoms with van der Waals surface area (Å²) in [6, 6.07) is 0. The molecule has 0 aromatic rings. The Bertz CT molecular complexity index is 114. The van der Waals surface area contributed by atoms with Crippen molar-refractivity contribution in [3.05, 3.63) is 0 Å². The Morgan fingerprint density at radius 2 is 1.92 bits per heavy atom. The lowest BCUT2D eigenvalue weighted by Crippen LogP contribution is -2.44. The molecule has 0 aromatic heterocycles. The third kappa shape index (κ3) is 5.29. The third-order valence-electron chi connectivity index (χ3n) is 1.76. The molecule has 0 rings (SSSR count). The molecule has 4 heteroatoms. The van der Waals surface area contributed by atoms with Crippen LogP contribution in [0.1, 0.15) is 20.8 Å². The van der Waals surface area contributed by atoms with Gasteiger partial charge in [0.1, 0.15) is 23.0 Å². The quantitative estimate of drug-likeness (QED) is 0.777. The molecule has 0 radical (unpaired) electrons. The lowest BCUT2D eigenvalue weighted by atomic mass is 10.1. The van der Waals surface area contributed by atoms with Gasteiger partial charge in [0, 0.05) is 18.6 Å². The van der Waals surface area contributed by atoms with Crippen LogP contribution in [0.2, 0.25) is 0 Å². The summed E-state index contributed by atoms with van der Waals surface area (Å²) in [6.45, 7) is 8.90. The van der Waals surface area contributed by atoms with Gasteiger partial charge in [-0.25, -0.2) is 0 Å². The molecule has 0 unspecified atom stereocenters. The van der Waals surface area contributed by atoms with Crippen molar-refractivity contribution >= 4 is 23.0 Å². The molecule has 12 heavy (non-hydrogen) atoms. The zero-order chi connectivity index (χ0) is 9.61. The van der Waals surface area contributed by atoms with Crippen molar-refractivity contribution < 1.29 is 8.17 Å². The molecule has 0 atom stereocenters. The van der Waals surface area contributed by atoms with Gasteiger partial charge in [-0.3, -0.25) is 4.90 Å². The van der Waals surface area contributed by atoms with Crippen molar-refractivity contribution in [1.82, 2.24) is 4.90 Å². The molecular weight excluding hydrogens is 269 g/mol.